The molecule has 1 atom stereocenters. The summed E-state index contributed by atoms with van der Waals surface area (Å²) in [7, 11) is 0. The maximum Gasteiger partial charge on any atom is 0.306 e. The first-order valence-electron chi connectivity index (χ1n) is 16.8. The van der Waals surface area contributed by atoms with Crippen molar-refractivity contribution in [2.75, 3.05) is 0 Å². The second-order valence-electron chi connectivity index (χ2n) is 11.0. The van der Waals surface area contributed by atoms with Crippen LogP contribution in [-0.4, -0.2) is 23.1 Å². The molecule has 4 nitrogen and oxygen atoms in total. The van der Waals surface area contributed by atoms with Crippen molar-refractivity contribution < 1.29 is 19.4 Å². The van der Waals surface area contributed by atoms with Gasteiger partial charge in [0.2, 0.25) is 0 Å². The topological polar surface area (TPSA) is 63.6 Å². The van der Waals surface area contributed by atoms with Gasteiger partial charge in [-0.05, 0) is 70.6 Å². The molecular formula is C37H62O4. The van der Waals surface area contributed by atoms with Gasteiger partial charge < -0.3 is 9.84 Å². The minimum absolute atomic E-state index is 0.0424. The molecule has 0 amide bonds. The molecular weight excluding hydrogens is 508 g/mol. The van der Waals surface area contributed by atoms with E-state index < -0.39 is 5.97 Å². The van der Waals surface area contributed by atoms with E-state index in [-0.39, 0.29) is 12.1 Å². The number of esters is 1. The van der Waals surface area contributed by atoms with Crippen LogP contribution in [-0.2, 0) is 14.3 Å². The Hall–Kier alpha value is -2.36. The van der Waals surface area contributed by atoms with Gasteiger partial charge in [0.1, 0.15) is 6.10 Å². The molecule has 234 valence electrons. The predicted octanol–water partition coefficient (Wildman–Crippen LogP) is 11.4. The van der Waals surface area contributed by atoms with Crippen LogP contribution < -0.4 is 0 Å². The fraction of sp³-hybridized carbons (Fsp3) is 0.676. The molecule has 0 bridgehead atoms. The van der Waals surface area contributed by atoms with Crippen LogP contribution in [0.1, 0.15) is 155 Å². The Morgan fingerprint density at radius 3 is 1.51 bits per heavy atom. The molecule has 1 N–H and O–H groups in total. The number of carbonyl (C=O) groups excluding carboxylic acids is 1. The van der Waals surface area contributed by atoms with Gasteiger partial charge in [-0.15, -0.1) is 0 Å². The zero-order valence-electron chi connectivity index (χ0n) is 26.6. The molecule has 0 heterocycles. The normalized spacial score (nSPS) is 13.0. The van der Waals surface area contributed by atoms with Gasteiger partial charge in [-0.25, -0.2) is 0 Å². The van der Waals surface area contributed by atoms with Gasteiger partial charge in [0.25, 0.3) is 0 Å². The SMILES string of the molecule is CC/C=C\C/C=C\C/C=C\C/C=C\C/C=C\CCCC(=O)OC(CCC)CCCCCCCCCCCCC(=O)O. The predicted molar refractivity (Wildman–Crippen MR) is 176 cm³/mol. The van der Waals surface area contributed by atoms with Gasteiger partial charge in [-0.3, -0.25) is 9.59 Å². The molecule has 0 radical (unpaired) electrons. The Morgan fingerprint density at radius 1 is 0.561 bits per heavy atom. The second kappa shape index (κ2) is 32.2. The Morgan fingerprint density at radius 2 is 1.02 bits per heavy atom. The maximum atomic E-state index is 12.3. The number of hydrogen-bond donors (Lipinski definition) is 1. The minimum atomic E-state index is -0.682. The number of carbonyl (C=O) groups is 2. The van der Waals surface area contributed by atoms with Crippen molar-refractivity contribution in [1.29, 1.82) is 0 Å². The molecule has 0 spiro atoms. The molecule has 0 aliphatic rings. The lowest BCUT2D eigenvalue weighted by atomic mass is 10.0. The van der Waals surface area contributed by atoms with Gasteiger partial charge in [0.15, 0.2) is 0 Å². The molecule has 0 saturated carbocycles. The van der Waals surface area contributed by atoms with E-state index in [0.717, 1.165) is 89.9 Å². The van der Waals surface area contributed by atoms with Crippen molar-refractivity contribution in [2.45, 2.75) is 161 Å². The minimum Gasteiger partial charge on any atom is -0.481 e. The van der Waals surface area contributed by atoms with Crippen LogP contribution in [0.5, 0.6) is 0 Å². The van der Waals surface area contributed by atoms with Crippen LogP contribution in [0.4, 0.5) is 0 Å². The summed E-state index contributed by atoms with van der Waals surface area (Å²) in [4.78, 5) is 22.8. The van der Waals surface area contributed by atoms with E-state index in [9.17, 15) is 9.59 Å². The monoisotopic (exact) mass is 570 g/mol. The van der Waals surface area contributed by atoms with Crippen LogP contribution >= 0.6 is 0 Å². The zero-order chi connectivity index (χ0) is 30.1. The highest BCUT2D eigenvalue weighted by molar-refractivity contribution is 5.69. The van der Waals surface area contributed by atoms with Crippen LogP contribution in [0.15, 0.2) is 60.8 Å². The standard InChI is InChI=1S/C37H62O4/c1-3-5-6-7-8-9-10-11-12-13-14-15-16-21-24-27-30-34-37(40)41-35(31-4-2)32-28-25-22-19-17-18-20-23-26-29-33-36(38)39/h5-6,8-9,11-12,14-15,21,24,35H,3-4,7,10,13,16-20,22-23,25-34H2,1-2H3,(H,38,39)/b6-5-,9-8-,12-11-,15-14-,24-21-. The van der Waals surface area contributed by atoms with Crippen LogP contribution in [0, 0.1) is 0 Å². The number of hydrogen-bond acceptors (Lipinski definition) is 3. The van der Waals surface area contributed by atoms with Crippen molar-refractivity contribution in [2.24, 2.45) is 0 Å². The third-order valence-corrected chi connectivity index (χ3v) is 6.98. The quantitative estimate of drug-likeness (QED) is 0.0552. The first-order valence-corrected chi connectivity index (χ1v) is 16.8. The van der Waals surface area contributed by atoms with Crippen LogP contribution in [0.25, 0.3) is 0 Å². The average molecular weight is 571 g/mol. The number of rotatable bonds is 29. The second-order valence-corrected chi connectivity index (χ2v) is 11.0. The third kappa shape index (κ3) is 32.0. The highest BCUT2D eigenvalue weighted by atomic mass is 16.5. The Labute approximate surface area is 253 Å². The summed E-state index contributed by atoms with van der Waals surface area (Å²) in [5, 5.41) is 8.65. The third-order valence-electron chi connectivity index (χ3n) is 6.98. The van der Waals surface area contributed by atoms with Gasteiger partial charge in [-0.2, -0.15) is 0 Å². The molecule has 0 aliphatic heterocycles. The molecule has 0 aliphatic carbocycles. The van der Waals surface area contributed by atoms with Crippen molar-refractivity contribution >= 4 is 11.9 Å². The van der Waals surface area contributed by atoms with Crippen molar-refractivity contribution in [3.8, 4) is 0 Å². The lowest BCUT2D eigenvalue weighted by molar-refractivity contribution is -0.150. The summed E-state index contributed by atoms with van der Waals surface area (Å²) < 4.78 is 5.80. The van der Waals surface area contributed by atoms with E-state index in [0.29, 0.717) is 12.8 Å². The molecule has 0 fully saturated rings. The highest BCUT2D eigenvalue weighted by Gasteiger charge is 2.13. The van der Waals surface area contributed by atoms with Gasteiger partial charge in [0, 0.05) is 12.8 Å². The Bertz CT molecular complexity index is 744. The fourth-order valence-electron chi connectivity index (χ4n) is 4.62. The molecule has 0 saturated heterocycles. The molecule has 0 rings (SSSR count). The molecule has 0 aromatic rings. The van der Waals surface area contributed by atoms with Crippen molar-refractivity contribution in [3.63, 3.8) is 0 Å². The van der Waals surface area contributed by atoms with Crippen LogP contribution in [0.3, 0.4) is 0 Å². The summed E-state index contributed by atoms with van der Waals surface area (Å²) in [5.74, 6) is -0.725. The average Bonchev–Trinajstić information content (AvgIpc) is 2.95. The zero-order valence-corrected chi connectivity index (χ0v) is 26.6. The van der Waals surface area contributed by atoms with Gasteiger partial charge in [-0.1, -0.05) is 132 Å². The van der Waals surface area contributed by atoms with E-state index in [2.05, 4.69) is 74.6 Å². The maximum absolute atomic E-state index is 12.3. The van der Waals surface area contributed by atoms with Crippen LogP contribution in [0.2, 0.25) is 0 Å². The Balaban J connectivity index is 3.74. The summed E-state index contributed by atoms with van der Waals surface area (Å²) in [5.41, 5.74) is 0. The number of carboxylic acids is 1. The Kier molecular flexibility index (Phi) is 30.3. The number of unbranched alkanes of at least 4 members (excludes halogenated alkanes) is 10. The summed E-state index contributed by atoms with van der Waals surface area (Å²) in [6.45, 7) is 4.31. The van der Waals surface area contributed by atoms with E-state index in [1.807, 2.05) is 0 Å². The number of aliphatic carboxylic acids is 1. The van der Waals surface area contributed by atoms with Crippen molar-refractivity contribution in [1.82, 2.24) is 0 Å². The fourth-order valence-corrected chi connectivity index (χ4v) is 4.62. The summed E-state index contributed by atoms with van der Waals surface area (Å²) >= 11 is 0. The largest absolute Gasteiger partial charge is 0.481 e. The van der Waals surface area contributed by atoms with Crippen molar-refractivity contribution in [3.05, 3.63) is 60.8 Å². The highest BCUT2D eigenvalue weighted by Crippen LogP contribution is 2.16. The van der Waals surface area contributed by atoms with E-state index in [1.165, 1.54) is 38.5 Å². The van der Waals surface area contributed by atoms with E-state index >= 15 is 0 Å². The molecule has 1 unspecified atom stereocenters. The smallest absolute Gasteiger partial charge is 0.306 e. The molecule has 0 aromatic carbocycles. The van der Waals surface area contributed by atoms with E-state index in [4.69, 9.17) is 9.84 Å². The first kappa shape index (κ1) is 38.6. The van der Waals surface area contributed by atoms with Gasteiger partial charge in [0.05, 0.1) is 0 Å². The molecule has 41 heavy (non-hydrogen) atoms. The number of allylic oxidation sites excluding steroid dienone is 10. The van der Waals surface area contributed by atoms with E-state index in [1.54, 1.807) is 0 Å². The molecule has 0 aromatic heterocycles. The summed E-state index contributed by atoms with van der Waals surface area (Å²) in [6, 6.07) is 0. The molecule has 4 heteroatoms. The number of ether oxygens (including phenoxy) is 1. The number of carboxylic acid groups (broad SMARTS) is 1. The lowest BCUT2D eigenvalue weighted by Gasteiger charge is -2.17. The summed E-state index contributed by atoms with van der Waals surface area (Å²) in [6.07, 6.45) is 44.3. The van der Waals surface area contributed by atoms with Gasteiger partial charge >= 0.3 is 11.9 Å². The lowest BCUT2D eigenvalue weighted by Crippen LogP contribution is -2.18. The first-order chi connectivity index (χ1) is 20.1.